The lowest BCUT2D eigenvalue weighted by molar-refractivity contribution is -0.121. The molecule has 0 spiro atoms. The van der Waals surface area contributed by atoms with Crippen LogP contribution >= 0.6 is 12.2 Å². The Hall–Kier alpha value is -2.92. The van der Waals surface area contributed by atoms with E-state index < -0.39 is 0 Å². The van der Waals surface area contributed by atoms with Gasteiger partial charge in [-0.05, 0) is 34.1 Å². The van der Waals surface area contributed by atoms with E-state index >= 15 is 0 Å². The zero-order valence-electron chi connectivity index (χ0n) is 13.7. The average molecular weight is 349 g/mol. The van der Waals surface area contributed by atoms with E-state index in [-0.39, 0.29) is 5.91 Å². The maximum Gasteiger partial charge on any atom is 0.242 e. The van der Waals surface area contributed by atoms with Crippen LogP contribution in [-0.4, -0.2) is 11.0 Å². The zero-order chi connectivity index (χ0) is 17.5. The molecular weight excluding hydrogens is 330 g/mol. The molecule has 0 aromatic heterocycles. The van der Waals surface area contributed by atoms with Crippen LogP contribution in [0.1, 0.15) is 11.1 Å². The molecule has 0 atom stereocenters. The van der Waals surface area contributed by atoms with E-state index in [9.17, 15) is 4.79 Å². The summed E-state index contributed by atoms with van der Waals surface area (Å²) in [4.78, 5) is 12.1. The number of fused-ring (bicyclic) bond motifs is 1. The topological polar surface area (TPSA) is 53.2 Å². The molecule has 3 rings (SSSR count). The van der Waals surface area contributed by atoms with Gasteiger partial charge < -0.3 is 5.32 Å². The minimum atomic E-state index is -0.140. The van der Waals surface area contributed by atoms with Crippen molar-refractivity contribution in [2.75, 3.05) is 0 Å². The molecule has 4 nitrogen and oxygen atoms in total. The molecule has 3 N–H and O–H groups in total. The van der Waals surface area contributed by atoms with Crippen LogP contribution in [0.25, 0.3) is 10.8 Å². The highest BCUT2D eigenvalue weighted by molar-refractivity contribution is 7.80. The van der Waals surface area contributed by atoms with Gasteiger partial charge in [0.15, 0.2) is 5.11 Å². The fourth-order valence-corrected chi connectivity index (χ4v) is 2.65. The van der Waals surface area contributed by atoms with E-state index in [4.69, 9.17) is 12.2 Å². The molecule has 1 amide bonds. The number of hydrogen-bond acceptors (Lipinski definition) is 2. The third-order valence-electron chi connectivity index (χ3n) is 3.79. The number of hydrazine groups is 1. The van der Waals surface area contributed by atoms with Crippen molar-refractivity contribution in [3.05, 3.63) is 83.9 Å². The minimum absolute atomic E-state index is 0.140. The predicted molar refractivity (Wildman–Crippen MR) is 105 cm³/mol. The lowest BCUT2D eigenvalue weighted by Crippen LogP contribution is -2.47. The molecule has 126 valence electrons. The Bertz CT molecular complexity index is 880. The fourth-order valence-electron chi connectivity index (χ4n) is 2.53. The molecule has 0 aliphatic carbocycles. The largest absolute Gasteiger partial charge is 0.357 e. The first-order chi connectivity index (χ1) is 12.2. The Morgan fingerprint density at radius 2 is 1.52 bits per heavy atom. The van der Waals surface area contributed by atoms with Crippen LogP contribution in [-0.2, 0) is 17.8 Å². The van der Waals surface area contributed by atoms with Gasteiger partial charge in [-0.15, -0.1) is 0 Å². The first-order valence-electron chi connectivity index (χ1n) is 8.05. The van der Waals surface area contributed by atoms with E-state index in [2.05, 4.69) is 22.2 Å². The molecule has 5 heteroatoms. The van der Waals surface area contributed by atoms with E-state index in [1.807, 2.05) is 66.7 Å². The van der Waals surface area contributed by atoms with E-state index in [1.165, 1.54) is 0 Å². The second kappa shape index (κ2) is 8.26. The van der Waals surface area contributed by atoms with Gasteiger partial charge in [0, 0.05) is 6.54 Å². The molecule has 25 heavy (non-hydrogen) atoms. The Morgan fingerprint density at radius 3 is 2.32 bits per heavy atom. The highest BCUT2D eigenvalue weighted by atomic mass is 32.1. The van der Waals surface area contributed by atoms with E-state index in [0.717, 1.165) is 21.9 Å². The smallest absolute Gasteiger partial charge is 0.242 e. The van der Waals surface area contributed by atoms with E-state index in [1.54, 1.807) is 0 Å². The Morgan fingerprint density at radius 1 is 0.800 bits per heavy atom. The molecule has 0 aliphatic heterocycles. The van der Waals surface area contributed by atoms with Gasteiger partial charge in [-0.25, -0.2) is 0 Å². The van der Waals surface area contributed by atoms with Crippen molar-refractivity contribution in [1.29, 1.82) is 0 Å². The minimum Gasteiger partial charge on any atom is -0.357 e. The Kier molecular flexibility index (Phi) is 5.59. The summed E-state index contributed by atoms with van der Waals surface area (Å²) in [6.45, 7) is 0.604. The number of carbonyl (C=O) groups excluding carboxylic acids is 1. The third kappa shape index (κ3) is 5.02. The quantitative estimate of drug-likeness (QED) is 0.500. The highest BCUT2D eigenvalue weighted by Gasteiger charge is 2.05. The second-order valence-electron chi connectivity index (χ2n) is 5.70. The van der Waals surface area contributed by atoms with Crippen molar-refractivity contribution in [2.45, 2.75) is 13.0 Å². The Labute approximate surface area is 152 Å². The van der Waals surface area contributed by atoms with Gasteiger partial charge in [0.1, 0.15) is 0 Å². The molecule has 3 aromatic carbocycles. The maximum absolute atomic E-state index is 12.1. The standard InChI is InChI=1S/C20H19N3OS/c24-19(13-16-10-11-17-8-4-5-9-18(17)12-16)22-23-20(25)21-14-15-6-2-1-3-7-15/h1-12H,13-14H2,(H,22,24)(H2,21,23,25). The molecule has 0 saturated carbocycles. The summed E-state index contributed by atoms with van der Waals surface area (Å²) >= 11 is 5.16. The van der Waals surface area contributed by atoms with Crippen LogP contribution in [0.2, 0.25) is 0 Å². The summed E-state index contributed by atoms with van der Waals surface area (Å²) in [6.07, 6.45) is 0.291. The number of benzene rings is 3. The summed E-state index contributed by atoms with van der Waals surface area (Å²) in [7, 11) is 0. The fraction of sp³-hybridized carbons (Fsp3) is 0.100. The first-order valence-corrected chi connectivity index (χ1v) is 8.46. The maximum atomic E-state index is 12.1. The normalized spacial score (nSPS) is 10.2. The average Bonchev–Trinajstić information content (AvgIpc) is 2.65. The number of rotatable bonds is 4. The van der Waals surface area contributed by atoms with Gasteiger partial charge in [0.2, 0.25) is 5.91 Å². The van der Waals surface area contributed by atoms with Crippen molar-refractivity contribution in [2.24, 2.45) is 0 Å². The van der Waals surface area contributed by atoms with Crippen molar-refractivity contribution in [3.63, 3.8) is 0 Å². The first kappa shape index (κ1) is 16.9. The van der Waals surface area contributed by atoms with Gasteiger partial charge in [0.25, 0.3) is 0 Å². The van der Waals surface area contributed by atoms with Crippen LogP contribution < -0.4 is 16.2 Å². The second-order valence-corrected chi connectivity index (χ2v) is 6.11. The predicted octanol–water partition coefficient (Wildman–Crippen LogP) is 3.08. The van der Waals surface area contributed by atoms with Crippen molar-refractivity contribution >= 4 is 34.0 Å². The van der Waals surface area contributed by atoms with Gasteiger partial charge in [0.05, 0.1) is 6.42 Å². The van der Waals surface area contributed by atoms with E-state index in [0.29, 0.717) is 18.1 Å². The number of nitrogens with one attached hydrogen (secondary N) is 3. The Balaban J connectivity index is 1.46. The summed E-state index contributed by atoms with van der Waals surface area (Å²) in [5.74, 6) is -0.140. The molecule has 3 aromatic rings. The highest BCUT2D eigenvalue weighted by Crippen LogP contribution is 2.15. The molecule has 0 heterocycles. The van der Waals surface area contributed by atoms with Crippen molar-refractivity contribution in [3.8, 4) is 0 Å². The van der Waals surface area contributed by atoms with Crippen molar-refractivity contribution < 1.29 is 4.79 Å². The molecular formula is C20H19N3OS. The van der Waals surface area contributed by atoms with Crippen LogP contribution in [0.4, 0.5) is 0 Å². The lowest BCUT2D eigenvalue weighted by Gasteiger charge is -2.12. The van der Waals surface area contributed by atoms with Crippen LogP contribution in [0, 0.1) is 0 Å². The molecule has 0 bridgehead atoms. The third-order valence-corrected chi connectivity index (χ3v) is 4.04. The lowest BCUT2D eigenvalue weighted by atomic mass is 10.1. The van der Waals surface area contributed by atoms with Crippen LogP contribution in [0.3, 0.4) is 0 Å². The van der Waals surface area contributed by atoms with Gasteiger partial charge >= 0.3 is 0 Å². The SMILES string of the molecule is O=C(Cc1ccc2ccccc2c1)NNC(=S)NCc1ccccc1. The van der Waals surface area contributed by atoms with Crippen LogP contribution in [0.15, 0.2) is 72.8 Å². The number of amides is 1. The summed E-state index contributed by atoms with van der Waals surface area (Å²) in [5, 5.41) is 5.72. The van der Waals surface area contributed by atoms with Gasteiger partial charge in [-0.1, -0.05) is 72.8 Å². The molecule has 0 aliphatic rings. The zero-order valence-corrected chi connectivity index (χ0v) is 14.5. The molecule has 0 unspecified atom stereocenters. The van der Waals surface area contributed by atoms with Crippen molar-refractivity contribution in [1.82, 2.24) is 16.2 Å². The number of thiocarbonyl (C=S) groups is 1. The van der Waals surface area contributed by atoms with Gasteiger partial charge in [-0.3, -0.25) is 15.6 Å². The summed E-state index contributed by atoms with van der Waals surface area (Å²) < 4.78 is 0. The molecule has 0 fully saturated rings. The summed E-state index contributed by atoms with van der Waals surface area (Å²) in [6, 6.07) is 24.0. The van der Waals surface area contributed by atoms with Gasteiger partial charge in [-0.2, -0.15) is 0 Å². The number of hydrogen-bond donors (Lipinski definition) is 3. The number of carbonyl (C=O) groups is 1. The molecule has 0 radical (unpaired) electrons. The molecule has 0 saturated heterocycles. The monoisotopic (exact) mass is 349 g/mol. The summed E-state index contributed by atoms with van der Waals surface area (Å²) in [5.41, 5.74) is 7.43. The van der Waals surface area contributed by atoms with Crippen LogP contribution in [0.5, 0.6) is 0 Å².